The number of likely N-dealkylation sites (N-methyl/N-ethyl adjacent to an activating group) is 1. The summed E-state index contributed by atoms with van der Waals surface area (Å²) in [6.45, 7) is 5.19. The molecule has 0 amide bonds. The van der Waals surface area contributed by atoms with Gasteiger partial charge in [-0.05, 0) is 19.9 Å². The summed E-state index contributed by atoms with van der Waals surface area (Å²) in [4.78, 5) is 23.4. The maximum atomic E-state index is 14.3. The van der Waals surface area contributed by atoms with E-state index in [2.05, 4.69) is 36.8 Å². The normalized spacial score (nSPS) is 22.5. The standard InChI is InChI=1S/C19H26FN7O/c1-25-5-2-15-16(23-13-22-15)19(25)3-6-27(7-4-19)18-21-12-14(20)17(24-18)26-8-10-28-11-9-26/h12-13H,2-11H2,1H3,(H,22,23). The highest BCUT2D eigenvalue weighted by Gasteiger charge is 2.45. The van der Waals surface area contributed by atoms with Gasteiger partial charge in [0, 0.05) is 44.8 Å². The lowest BCUT2D eigenvalue weighted by Gasteiger charge is -2.49. The number of imidazole rings is 1. The Morgan fingerprint density at radius 3 is 2.64 bits per heavy atom. The van der Waals surface area contributed by atoms with Gasteiger partial charge in [-0.15, -0.1) is 0 Å². The molecule has 9 heteroatoms. The van der Waals surface area contributed by atoms with Crippen LogP contribution >= 0.6 is 0 Å². The van der Waals surface area contributed by atoms with Gasteiger partial charge in [0.1, 0.15) is 0 Å². The molecular weight excluding hydrogens is 361 g/mol. The number of piperidine rings is 1. The van der Waals surface area contributed by atoms with Gasteiger partial charge >= 0.3 is 0 Å². The third-order valence-corrected chi connectivity index (χ3v) is 6.48. The fourth-order valence-electron chi connectivity index (χ4n) is 4.78. The van der Waals surface area contributed by atoms with Crippen LogP contribution < -0.4 is 9.80 Å². The van der Waals surface area contributed by atoms with Gasteiger partial charge in [-0.1, -0.05) is 0 Å². The van der Waals surface area contributed by atoms with Gasteiger partial charge in [-0.25, -0.2) is 14.4 Å². The number of morpholine rings is 1. The Morgan fingerprint density at radius 1 is 1.07 bits per heavy atom. The molecule has 1 N–H and O–H groups in total. The minimum absolute atomic E-state index is 0.0306. The summed E-state index contributed by atoms with van der Waals surface area (Å²) in [6.07, 6.45) is 6.04. The van der Waals surface area contributed by atoms with Gasteiger partial charge < -0.3 is 19.5 Å². The molecule has 5 heterocycles. The average molecular weight is 387 g/mol. The molecule has 3 aliphatic rings. The van der Waals surface area contributed by atoms with Crippen LogP contribution in [-0.2, 0) is 16.7 Å². The summed E-state index contributed by atoms with van der Waals surface area (Å²) < 4.78 is 19.7. The van der Waals surface area contributed by atoms with Crippen molar-refractivity contribution in [2.75, 3.05) is 62.8 Å². The lowest BCUT2D eigenvalue weighted by atomic mass is 9.79. The van der Waals surface area contributed by atoms with E-state index in [1.807, 2.05) is 11.2 Å². The number of rotatable bonds is 2. The Morgan fingerprint density at radius 2 is 1.86 bits per heavy atom. The van der Waals surface area contributed by atoms with E-state index in [0.717, 1.165) is 38.9 Å². The molecule has 2 fully saturated rings. The maximum absolute atomic E-state index is 14.3. The number of aromatic amines is 1. The first-order chi connectivity index (χ1) is 13.7. The van der Waals surface area contributed by atoms with Crippen LogP contribution in [0.3, 0.4) is 0 Å². The predicted octanol–water partition coefficient (Wildman–Crippen LogP) is 1.16. The largest absolute Gasteiger partial charge is 0.378 e. The van der Waals surface area contributed by atoms with Crippen molar-refractivity contribution in [2.24, 2.45) is 0 Å². The van der Waals surface area contributed by atoms with Crippen LogP contribution in [0.1, 0.15) is 24.2 Å². The number of aromatic nitrogens is 4. The first-order valence-corrected chi connectivity index (χ1v) is 10.0. The smallest absolute Gasteiger partial charge is 0.227 e. The number of H-pyrrole nitrogens is 1. The van der Waals surface area contributed by atoms with Crippen molar-refractivity contribution < 1.29 is 9.13 Å². The molecule has 0 radical (unpaired) electrons. The van der Waals surface area contributed by atoms with E-state index >= 15 is 0 Å². The van der Waals surface area contributed by atoms with Gasteiger partial charge in [0.15, 0.2) is 11.6 Å². The molecule has 3 aliphatic heterocycles. The fraction of sp³-hybridized carbons (Fsp3) is 0.632. The second kappa shape index (κ2) is 6.97. The molecule has 2 aromatic heterocycles. The van der Waals surface area contributed by atoms with Gasteiger partial charge in [0.25, 0.3) is 0 Å². The topological polar surface area (TPSA) is 73.4 Å². The molecular formula is C19H26FN7O. The molecule has 8 nitrogen and oxygen atoms in total. The van der Waals surface area contributed by atoms with Gasteiger partial charge in [0.05, 0.1) is 37.0 Å². The summed E-state index contributed by atoms with van der Waals surface area (Å²) in [7, 11) is 2.19. The monoisotopic (exact) mass is 387 g/mol. The van der Waals surface area contributed by atoms with E-state index in [0.29, 0.717) is 38.1 Å². The number of anilines is 2. The number of nitrogens with zero attached hydrogens (tertiary/aromatic N) is 6. The molecule has 2 saturated heterocycles. The highest BCUT2D eigenvalue weighted by atomic mass is 19.1. The second-order valence-electron chi connectivity index (χ2n) is 7.86. The van der Waals surface area contributed by atoms with Gasteiger partial charge in [-0.2, -0.15) is 4.98 Å². The van der Waals surface area contributed by atoms with E-state index in [1.54, 1.807) is 0 Å². The van der Waals surface area contributed by atoms with Crippen LogP contribution in [-0.4, -0.2) is 77.8 Å². The molecule has 1 spiro atoms. The number of ether oxygens (including phenoxy) is 1. The average Bonchev–Trinajstić information content (AvgIpc) is 3.23. The number of hydrogen-bond donors (Lipinski definition) is 1. The van der Waals surface area contributed by atoms with Crippen molar-refractivity contribution in [3.05, 3.63) is 29.7 Å². The van der Waals surface area contributed by atoms with Crippen LogP contribution in [0.25, 0.3) is 0 Å². The molecule has 0 atom stereocenters. The SMILES string of the molecule is CN1CCc2[nH]cnc2C12CCN(c1ncc(F)c(N3CCOCC3)n1)CC2. The Balaban J connectivity index is 1.36. The second-order valence-corrected chi connectivity index (χ2v) is 7.86. The zero-order chi connectivity index (χ0) is 19.1. The van der Waals surface area contributed by atoms with Crippen molar-refractivity contribution in [1.82, 2.24) is 24.8 Å². The fourth-order valence-corrected chi connectivity index (χ4v) is 4.78. The molecule has 150 valence electrons. The number of halogens is 1. The van der Waals surface area contributed by atoms with Crippen LogP contribution in [0.5, 0.6) is 0 Å². The minimum atomic E-state index is -0.368. The minimum Gasteiger partial charge on any atom is -0.378 e. The maximum Gasteiger partial charge on any atom is 0.227 e. The molecule has 2 aromatic rings. The van der Waals surface area contributed by atoms with Crippen molar-refractivity contribution in [3.8, 4) is 0 Å². The van der Waals surface area contributed by atoms with Crippen LogP contribution in [0.4, 0.5) is 16.2 Å². The molecule has 0 aromatic carbocycles. The van der Waals surface area contributed by atoms with E-state index < -0.39 is 0 Å². The summed E-state index contributed by atoms with van der Waals surface area (Å²) in [5.41, 5.74) is 2.42. The predicted molar refractivity (Wildman–Crippen MR) is 103 cm³/mol. The Bertz CT molecular complexity index is 843. The van der Waals surface area contributed by atoms with E-state index in [-0.39, 0.29) is 11.4 Å². The van der Waals surface area contributed by atoms with Crippen LogP contribution in [0.2, 0.25) is 0 Å². The van der Waals surface area contributed by atoms with Crippen LogP contribution in [0.15, 0.2) is 12.5 Å². The summed E-state index contributed by atoms with van der Waals surface area (Å²) in [6, 6.07) is 0. The van der Waals surface area contributed by atoms with Crippen LogP contribution in [0, 0.1) is 5.82 Å². The number of nitrogens with one attached hydrogen (secondary N) is 1. The van der Waals surface area contributed by atoms with E-state index in [9.17, 15) is 4.39 Å². The lowest BCUT2D eigenvalue weighted by Crippen LogP contribution is -2.55. The third-order valence-electron chi connectivity index (χ3n) is 6.48. The summed E-state index contributed by atoms with van der Waals surface area (Å²) >= 11 is 0. The summed E-state index contributed by atoms with van der Waals surface area (Å²) in [5.74, 6) is 0.628. The van der Waals surface area contributed by atoms with Gasteiger partial charge in [0.2, 0.25) is 5.95 Å². The zero-order valence-corrected chi connectivity index (χ0v) is 16.2. The van der Waals surface area contributed by atoms with Gasteiger partial charge in [-0.3, -0.25) is 4.90 Å². The molecule has 5 rings (SSSR count). The Hall–Kier alpha value is -2.26. The first-order valence-electron chi connectivity index (χ1n) is 10.0. The van der Waals surface area contributed by atoms with Crippen molar-refractivity contribution in [2.45, 2.75) is 24.8 Å². The Kier molecular flexibility index (Phi) is 4.43. The first kappa shape index (κ1) is 17.8. The molecule has 0 saturated carbocycles. The molecule has 28 heavy (non-hydrogen) atoms. The van der Waals surface area contributed by atoms with Crippen molar-refractivity contribution in [3.63, 3.8) is 0 Å². The molecule has 0 bridgehead atoms. The number of fused-ring (bicyclic) bond motifs is 2. The number of hydrogen-bond acceptors (Lipinski definition) is 7. The van der Waals surface area contributed by atoms with E-state index in [4.69, 9.17) is 4.74 Å². The molecule has 0 aliphatic carbocycles. The summed E-state index contributed by atoms with van der Waals surface area (Å²) in [5, 5.41) is 0. The quantitative estimate of drug-likeness (QED) is 0.829. The lowest BCUT2D eigenvalue weighted by molar-refractivity contribution is 0.0710. The zero-order valence-electron chi connectivity index (χ0n) is 16.2. The van der Waals surface area contributed by atoms with E-state index in [1.165, 1.54) is 17.6 Å². The highest BCUT2D eigenvalue weighted by Crippen LogP contribution is 2.41. The third kappa shape index (κ3) is 2.84. The Labute approximate surface area is 163 Å². The van der Waals surface area contributed by atoms with Crippen molar-refractivity contribution in [1.29, 1.82) is 0 Å². The van der Waals surface area contributed by atoms with Crippen molar-refractivity contribution >= 4 is 11.8 Å². The molecule has 0 unspecified atom stereocenters. The highest BCUT2D eigenvalue weighted by molar-refractivity contribution is 5.46.